The van der Waals surface area contributed by atoms with Crippen LogP contribution in [-0.4, -0.2) is 12.1 Å². The van der Waals surface area contributed by atoms with Crippen molar-refractivity contribution in [1.82, 2.24) is 0 Å². The number of carbonyl (C=O) groups is 1. The van der Waals surface area contributed by atoms with E-state index in [4.69, 9.17) is 0 Å². The Balaban J connectivity index is 3.55. The minimum atomic E-state index is -3.58. The Kier molecular flexibility index (Phi) is 1.89. The lowest BCUT2D eigenvalue weighted by atomic mass is 10.7. The van der Waals surface area contributed by atoms with Crippen LogP contribution in [0.25, 0.3) is 0 Å². The van der Waals surface area contributed by atoms with Gasteiger partial charge in [0, 0.05) is 6.92 Å². The fraction of sp³-hybridized carbons (Fsp3) is 0.500. The van der Waals surface area contributed by atoms with E-state index in [1.165, 1.54) is 0 Å². The molecule has 0 amide bonds. The summed E-state index contributed by atoms with van der Waals surface area (Å²) in [7, 11) is 0. The first-order valence-electron chi connectivity index (χ1n) is 1.84. The first kappa shape index (κ1) is 7.33. The molecule has 4 heteroatoms. The average Bonchev–Trinajstić information content (AvgIpc) is 1.21. The molecule has 0 saturated carbocycles. The van der Waals surface area contributed by atoms with Crippen molar-refractivity contribution in [2.45, 2.75) is 13.0 Å². The van der Waals surface area contributed by atoms with E-state index in [0.717, 1.165) is 6.92 Å². The molecule has 0 spiro atoms. The van der Waals surface area contributed by atoms with Crippen LogP contribution in [0.15, 0.2) is 0 Å². The van der Waals surface area contributed by atoms with Crippen LogP contribution in [0.5, 0.6) is 0 Å². The molecule has 0 N–H and O–H groups in total. The molecule has 0 fully saturated rings. The van der Waals surface area contributed by atoms with Gasteiger partial charge in [0.05, 0.1) is 6.92 Å². The molecule has 8 heavy (non-hydrogen) atoms. The van der Waals surface area contributed by atoms with Gasteiger partial charge in [0.25, 0.3) is 0 Å². The molecule has 0 heterocycles. The smallest absolute Gasteiger partial charge is 0.400 e. The normalized spacial score (nSPS) is 11.0. The van der Waals surface area contributed by atoms with Gasteiger partial charge in [-0.2, -0.15) is 8.78 Å². The van der Waals surface area contributed by atoms with E-state index >= 15 is 0 Å². The third kappa shape index (κ3) is 5.33. The van der Waals surface area contributed by atoms with Crippen molar-refractivity contribution in [3.8, 4) is 0 Å². The Hall–Kier alpha value is -0.670. The Labute approximate surface area is 45.4 Å². The highest BCUT2D eigenvalue weighted by atomic mass is 19.3. The molecule has 0 atom stereocenters. The SMILES string of the molecule is [CH2]C(F)(F)OC(C)=O. The maximum absolute atomic E-state index is 11.4. The lowest BCUT2D eigenvalue weighted by Crippen LogP contribution is -2.18. The van der Waals surface area contributed by atoms with Crippen molar-refractivity contribution in [2.24, 2.45) is 0 Å². The fourth-order valence-corrected chi connectivity index (χ4v) is 0.210. The van der Waals surface area contributed by atoms with E-state index in [1.54, 1.807) is 0 Å². The zero-order valence-electron chi connectivity index (χ0n) is 4.28. The summed E-state index contributed by atoms with van der Waals surface area (Å²) in [5.74, 6) is -1.04. The van der Waals surface area contributed by atoms with Crippen molar-refractivity contribution in [2.75, 3.05) is 0 Å². The summed E-state index contributed by atoms with van der Waals surface area (Å²) in [6, 6.07) is 0. The van der Waals surface area contributed by atoms with Gasteiger partial charge in [-0.15, -0.1) is 0 Å². The van der Waals surface area contributed by atoms with E-state index in [2.05, 4.69) is 11.7 Å². The maximum Gasteiger partial charge on any atom is 0.400 e. The summed E-state index contributed by atoms with van der Waals surface area (Å²) in [5.41, 5.74) is 0. The third-order valence-electron chi connectivity index (χ3n) is 0.293. The molecule has 2 nitrogen and oxygen atoms in total. The highest BCUT2D eigenvalue weighted by molar-refractivity contribution is 5.66. The summed E-state index contributed by atoms with van der Waals surface area (Å²) in [4.78, 5) is 9.72. The molecule has 0 aliphatic heterocycles. The number of halogens is 2. The molecule has 0 bridgehead atoms. The van der Waals surface area contributed by atoms with E-state index in [1.807, 2.05) is 0 Å². The van der Waals surface area contributed by atoms with E-state index in [-0.39, 0.29) is 0 Å². The van der Waals surface area contributed by atoms with Crippen molar-refractivity contribution in [3.05, 3.63) is 6.92 Å². The number of alkyl halides is 2. The van der Waals surface area contributed by atoms with Gasteiger partial charge in [0.2, 0.25) is 0 Å². The minimum Gasteiger partial charge on any atom is -0.401 e. The maximum atomic E-state index is 11.4. The lowest BCUT2D eigenvalue weighted by Gasteiger charge is -2.07. The van der Waals surface area contributed by atoms with Crippen molar-refractivity contribution < 1.29 is 18.3 Å². The van der Waals surface area contributed by atoms with Crippen LogP contribution in [0.2, 0.25) is 0 Å². The molecule has 0 aromatic rings. The monoisotopic (exact) mass is 123 g/mol. The first-order chi connectivity index (χ1) is 3.42. The fourth-order valence-electron chi connectivity index (χ4n) is 0.210. The predicted octanol–water partition coefficient (Wildman–Crippen LogP) is 0.976. The standard InChI is InChI=1S/C4H5F2O2/c1-3(7)8-4(2,5)6/h2H2,1H3. The predicted molar refractivity (Wildman–Crippen MR) is 22.1 cm³/mol. The van der Waals surface area contributed by atoms with Gasteiger partial charge >= 0.3 is 12.1 Å². The van der Waals surface area contributed by atoms with Crippen LogP contribution in [0, 0.1) is 6.92 Å². The topological polar surface area (TPSA) is 26.3 Å². The van der Waals surface area contributed by atoms with Crippen LogP contribution in [-0.2, 0) is 9.53 Å². The lowest BCUT2D eigenvalue weighted by molar-refractivity contribution is -0.206. The first-order valence-corrected chi connectivity index (χ1v) is 1.84. The van der Waals surface area contributed by atoms with Crippen LogP contribution in [0.1, 0.15) is 6.92 Å². The summed E-state index contributed by atoms with van der Waals surface area (Å²) < 4.78 is 26.2. The second-order valence-corrected chi connectivity index (χ2v) is 1.23. The Bertz CT molecular complexity index is 94.7. The van der Waals surface area contributed by atoms with Gasteiger partial charge in [-0.25, -0.2) is 0 Å². The molecule has 1 radical (unpaired) electrons. The Morgan fingerprint density at radius 3 is 2.12 bits per heavy atom. The molecule has 0 aliphatic rings. The highest BCUT2D eigenvalue weighted by Crippen LogP contribution is 2.11. The highest BCUT2D eigenvalue weighted by Gasteiger charge is 2.24. The number of rotatable bonds is 1. The molecule has 47 valence electrons. The number of hydrogen-bond donors (Lipinski definition) is 0. The minimum absolute atomic E-state index is 0.888. The van der Waals surface area contributed by atoms with Crippen LogP contribution in [0.4, 0.5) is 8.78 Å². The van der Waals surface area contributed by atoms with Gasteiger partial charge in [0.15, 0.2) is 0 Å². The average molecular weight is 123 g/mol. The van der Waals surface area contributed by atoms with E-state index < -0.39 is 12.1 Å². The number of ether oxygens (including phenoxy) is 1. The van der Waals surface area contributed by atoms with Crippen molar-refractivity contribution >= 4 is 5.97 Å². The zero-order valence-corrected chi connectivity index (χ0v) is 4.28. The summed E-state index contributed by atoms with van der Waals surface area (Å²) in [6.07, 6.45) is -3.58. The van der Waals surface area contributed by atoms with Crippen LogP contribution < -0.4 is 0 Å². The quantitative estimate of drug-likeness (QED) is 0.486. The van der Waals surface area contributed by atoms with Crippen LogP contribution >= 0.6 is 0 Å². The number of hydrogen-bond acceptors (Lipinski definition) is 2. The molecule has 0 rings (SSSR count). The largest absolute Gasteiger partial charge is 0.401 e. The van der Waals surface area contributed by atoms with Gasteiger partial charge in [-0.05, 0) is 0 Å². The van der Waals surface area contributed by atoms with Gasteiger partial charge in [-0.3, -0.25) is 4.79 Å². The summed E-state index contributed by atoms with van der Waals surface area (Å²) in [5, 5.41) is 0. The van der Waals surface area contributed by atoms with Gasteiger partial charge in [-0.1, -0.05) is 0 Å². The van der Waals surface area contributed by atoms with Crippen molar-refractivity contribution in [3.63, 3.8) is 0 Å². The van der Waals surface area contributed by atoms with Gasteiger partial charge < -0.3 is 4.74 Å². The molecule has 0 aromatic heterocycles. The third-order valence-corrected chi connectivity index (χ3v) is 0.293. The zero-order chi connectivity index (χ0) is 6.78. The Morgan fingerprint density at radius 1 is 1.75 bits per heavy atom. The van der Waals surface area contributed by atoms with Crippen LogP contribution in [0.3, 0.4) is 0 Å². The number of carbonyl (C=O) groups excluding carboxylic acids is 1. The molecular formula is C4H5F2O2. The molecule has 0 unspecified atom stereocenters. The summed E-state index contributed by atoms with van der Waals surface area (Å²) >= 11 is 0. The summed E-state index contributed by atoms with van der Waals surface area (Å²) in [6.45, 7) is 3.12. The van der Waals surface area contributed by atoms with Crippen molar-refractivity contribution in [1.29, 1.82) is 0 Å². The second kappa shape index (κ2) is 2.07. The molecular weight excluding hydrogens is 118 g/mol. The van der Waals surface area contributed by atoms with E-state index in [0.29, 0.717) is 0 Å². The Morgan fingerprint density at radius 2 is 2.12 bits per heavy atom. The molecule has 0 aliphatic carbocycles. The molecule has 0 saturated heterocycles. The second-order valence-electron chi connectivity index (χ2n) is 1.23. The molecule has 0 aromatic carbocycles. The number of esters is 1. The van der Waals surface area contributed by atoms with Gasteiger partial charge in [0.1, 0.15) is 0 Å². The van der Waals surface area contributed by atoms with E-state index in [9.17, 15) is 13.6 Å².